The summed E-state index contributed by atoms with van der Waals surface area (Å²) >= 11 is 6.03. The molecule has 20 heavy (non-hydrogen) atoms. The second kappa shape index (κ2) is 5.11. The predicted molar refractivity (Wildman–Crippen MR) is 80.6 cm³/mol. The molecule has 0 amide bonds. The van der Waals surface area contributed by atoms with E-state index < -0.39 is 0 Å². The highest BCUT2D eigenvalue weighted by Gasteiger charge is 2.10. The molecule has 2 aromatic heterocycles. The highest BCUT2D eigenvalue weighted by atomic mass is 35.5. The molecule has 0 fully saturated rings. The molecular formula is C14H14ClN5. The first-order valence-electron chi connectivity index (χ1n) is 6.22. The van der Waals surface area contributed by atoms with E-state index in [0.29, 0.717) is 17.4 Å². The van der Waals surface area contributed by atoms with Crippen LogP contribution in [0.15, 0.2) is 36.5 Å². The summed E-state index contributed by atoms with van der Waals surface area (Å²) in [4.78, 5) is 4.52. The van der Waals surface area contributed by atoms with Crippen LogP contribution in [0.5, 0.6) is 0 Å². The molecule has 0 saturated heterocycles. The maximum atomic E-state index is 6.03. The van der Waals surface area contributed by atoms with E-state index in [9.17, 15) is 0 Å². The standard InChI is InChI=1S/C14H14ClN5/c1-9-12(15)7-17-20(9)8-11-6-10-4-2-3-5-13(10)18-14(11)19-16/h2-7H,8,16H2,1H3,(H,18,19). The first-order chi connectivity index (χ1) is 9.69. The second-order valence-electron chi connectivity index (χ2n) is 4.57. The fourth-order valence-electron chi connectivity index (χ4n) is 2.15. The third-order valence-corrected chi connectivity index (χ3v) is 3.67. The van der Waals surface area contributed by atoms with E-state index in [1.54, 1.807) is 6.20 Å². The van der Waals surface area contributed by atoms with Crippen LogP contribution >= 0.6 is 11.6 Å². The molecule has 1 aromatic carbocycles. The molecule has 3 N–H and O–H groups in total. The van der Waals surface area contributed by atoms with Crippen molar-refractivity contribution in [2.75, 3.05) is 5.43 Å². The molecule has 3 aromatic rings. The zero-order valence-corrected chi connectivity index (χ0v) is 11.7. The molecule has 3 rings (SSSR count). The SMILES string of the molecule is Cc1c(Cl)cnn1Cc1cc2ccccc2nc1NN. The monoisotopic (exact) mass is 287 g/mol. The third-order valence-electron chi connectivity index (χ3n) is 3.30. The van der Waals surface area contributed by atoms with Gasteiger partial charge in [0.25, 0.3) is 0 Å². The maximum absolute atomic E-state index is 6.03. The number of halogens is 1. The van der Waals surface area contributed by atoms with Gasteiger partial charge in [-0.05, 0) is 19.1 Å². The lowest BCUT2D eigenvalue weighted by Crippen LogP contribution is -2.14. The van der Waals surface area contributed by atoms with Crippen molar-refractivity contribution in [1.82, 2.24) is 14.8 Å². The summed E-state index contributed by atoms with van der Waals surface area (Å²) in [6.45, 7) is 2.50. The lowest BCUT2D eigenvalue weighted by Gasteiger charge is -2.11. The number of anilines is 1. The molecule has 6 heteroatoms. The summed E-state index contributed by atoms with van der Waals surface area (Å²) in [7, 11) is 0. The van der Waals surface area contributed by atoms with Crippen LogP contribution in [0.25, 0.3) is 10.9 Å². The van der Waals surface area contributed by atoms with E-state index in [0.717, 1.165) is 22.2 Å². The topological polar surface area (TPSA) is 68.8 Å². The molecule has 0 unspecified atom stereocenters. The Morgan fingerprint density at radius 2 is 2.15 bits per heavy atom. The van der Waals surface area contributed by atoms with E-state index in [1.165, 1.54) is 0 Å². The Balaban J connectivity index is 2.07. The summed E-state index contributed by atoms with van der Waals surface area (Å²) in [5.41, 5.74) is 5.44. The third kappa shape index (κ3) is 2.21. The largest absolute Gasteiger partial charge is 0.308 e. The maximum Gasteiger partial charge on any atom is 0.145 e. The van der Waals surface area contributed by atoms with Crippen LogP contribution in [0.4, 0.5) is 5.82 Å². The van der Waals surface area contributed by atoms with Gasteiger partial charge in [-0.1, -0.05) is 29.8 Å². The van der Waals surface area contributed by atoms with Crippen molar-refractivity contribution in [3.05, 3.63) is 52.8 Å². The summed E-state index contributed by atoms with van der Waals surface area (Å²) in [6.07, 6.45) is 1.64. The molecule has 2 heterocycles. The fraction of sp³-hybridized carbons (Fsp3) is 0.143. The number of fused-ring (bicyclic) bond motifs is 1. The predicted octanol–water partition coefficient (Wildman–Crippen LogP) is 2.73. The molecule has 0 bridgehead atoms. The van der Waals surface area contributed by atoms with E-state index in [-0.39, 0.29) is 0 Å². The number of nitrogens with zero attached hydrogens (tertiary/aromatic N) is 3. The summed E-state index contributed by atoms with van der Waals surface area (Å²) < 4.78 is 1.83. The minimum atomic E-state index is 0.565. The minimum absolute atomic E-state index is 0.565. The van der Waals surface area contributed by atoms with E-state index >= 15 is 0 Å². The number of benzene rings is 1. The van der Waals surface area contributed by atoms with Gasteiger partial charge in [0, 0.05) is 10.9 Å². The molecule has 0 radical (unpaired) electrons. The Morgan fingerprint density at radius 3 is 2.85 bits per heavy atom. The van der Waals surface area contributed by atoms with Crippen LogP contribution in [-0.2, 0) is 6.54 Å². The molecule has 0 aliphatic carbocycles. The van der Waals surface area contributed by atoms with Crippen LogP contribution in [0.3, 0.4) is 0 Å². The number of hydrogen-bond donors (Lipinski definition) is 2. The van der Waals surface area contributed by atoms with E-state index in [1.807, 2.05) is 35.9 Å². The summed E-state index contributed by atoms with van der Waals surface area (Å²) in [6, 6.07) is 9.98. The normalized spacial score (nSPS) is 10.9. The first-order valence-corrected chi connectivity index (χ1v) is 6.60. The zero-order chi connectivity index (χ0) is 14.1. The number of nitrogens with one attached hydrogen (secondary N) is 1. The van der Waals surface area contributed by atoms with Crippen molar-refractivity contribution >= 4 is 28.3 Å². The summed E-state index contributed by atoms with van der Waals surface area (Å²) in [5, 5.41) is 5.98. The summed E-state index contributed by atoms with van der Waals surface area (Å²) in [5.74, 6) is 6.22. The quantitative estimate of drug-likeness (QED) is 0.574. The number of aromatic nitrogens is 3. The van der Waals surface area contributed by atoms with Crippen molar-refractivity contribution in [3.63, 3.8) is 0 Å². The molecular weight excluding hydrogens is 274 g/mol. The number of pyridine rings is 1. The molecule has 0 spiro atoms. The molecule has 0 saturated carbocycles. The fourth-order valence-corrected chi connectivity index (χ4v) is 2.29. The van der Waals surface area contributed by atoms with E-state index in [4.69, 9.17) is 17.4 Å². The highest BCUT2D eigenvalue weighted by Crippen LogP contribution is 2.22. The number of nitrogen functional groups attached to an aromatic ring is 1. The van der Waals surface area contributed by atoms with Crippen LogP contribution in [0.2, 0.25) is 5.02 Å². The smallest absolute Gasteiger partial charge is 0.145 e. The average molecular weight is 288 g/mol. The van der Waals surface area contributed by atoms with Gasteiger partial charge in [0.05, 0.1) is 29.0 Å². The van der Waals surface area contributed by atoms with Crippen LogP contribution in [0, 0.1) is 6.92 Å². The Morgan fingerprint density at radius 1 is 1.35 bits per heavy atom. The van der Waals surface area contributed by atoms with Gasteiger partial charge in [-0.25, -0.2) is 10.8 Å². The molecule has 102 valence electrons. The van der Waals surface area contributed by atoms with Gasteiger partial charge < -0.3 is 5.43 Å². The van der Waals surface area contributed by atoms with Crippen LogP contribution in [0.1, 0.15) is 11.3 Å². The molecule has 0 aliphatic rings. The first kappa shape index (κ1) is 12.9. The van der Waals surface area contributed by atoms with Gasteiger partial charge in [-0.3, -0.25) is 4.68 Å². The number of nitrogens with two attached hydrogens (primary N) is 1. The highest BCUT2D eigenvalue weighted by molar-refractivity contribution is 6.31. The number of rotatable bonds is 3. The number of hydrazine groups is 1. The lowest BCUT2D eigenvalue weighted by molar-refractivity contribution is 0.665. The second-order valence-corrected chi connectivity index (χ2v) is 4.98. The Hall–Kier alpha value is -2.11. The average Bonchev–Trinajstić information content (AvgIpc) is 2.78. The number of para-hydroxylation sites is 1. The van der Waals surface area contributed by atoms with Gasteiger partial charge in [0.2, 0.25) is 0 Å². The van der Waals surface area contributed by atoms with Crippen LogP contribution < -0.4 is 11.3 Å². The van der Waals surface area contributed by atoms with E-state index in [2.05, 4.69) is 21.6 Å². The van der Waals surface area contributed by atoms with Gasteiger partial charge in [-0.15, -0.1) is 0 Å². The van der Waals surface area contributed by atoms with Gasteiger partial charge in [-0.2, -0.15) is 5.10 Å². The van der Waals surface area contributed by atoms with Crippen molar-refractivity contribution < 1.29 is 0 Å². The van der Waals surface area contributed by atoms with Gasteiger partial charge in [0.15, 0.2) is 0 Å². The van der Waals surface area contributed by atoms with Crippen molar-refractivity contribution in [1.29, 1.82) is 0 Å². The Labute approximate surface area is 121 Å². The van der Waals surface area contributed by atoms with Gasteiger partial charge in [0.1, 0.15) is 5.82 Å². The Kier molecular flexibility index (Phi) is 3.30. The van der Waals surface area contributed by atoms with Crippen molar-refractivity contribution in [2.24, 2.45) is 5.84 Å². The molecule has 5 nitrogen and oxygen atoms in total. The Bertz CT molecular complexity index is 765. The molecule has 0 aliphatic heterocycles. The van der Waals surface area contributed by atoms with Crippen molar-refractivity contribution in [2.45, 2.75) is 13.5 Å². The zero-order valence-electron chi connectivity index (χ0n) is 11.0. The lowest BCUT2D eigenvalue weighted by atomic mass is 10.1. The van der Waals surface area contributed by atoms with Gasteiger partial charge >= 0.3 is 0 Å². The molecule has 0 atom stereocenters. The minimum Gasteiger partial charge on any atom is -0.308 e. The van der Waals surface area contributed by atoms with Crippen LogP contribution in [-0.4, -0.2) is 14.8 Å². The number of hydrogen-bond acceptors (Lipinski definition) is 4. The van der Waals surface area contributed by atoms with Crippen molar-refractivity contribution in [3.8, 4) is 0 Å².